The molecule has 5 nitrogen and oxygen atoms in total. The molecule has 2 heterocycles. The SMILES string of the molecule is CC1CS(=O)(=O)CCN1CC1CNCCO1. The number of nitrogens with zero attached hydrogens (tertiary/aromatic N) is 1. The third-order valence-corrected chi connectivity index (χ3v) is 5.05. The van der Waals surface area contributed by atoms with Gasteiger partial charge in [0.25, 0.3) is 0 Å². The Labute approximate surface area is 97.1 Å². The number of hydrogen-bond acceptors (Lipinski definition) is 5. The predicted molar refractivity (Wildman–Crippen MR) is 62.3 cm³/mol. The van der Waals surface area contributed by atoms with Crippen LogP contribution in [0, 0.1) is 0 Å². The molecule has 0 aromatic carbocycles. The van der Waals surface area contributed by atoms with Gasteiger partial charge in [0.15, 0.2) is 9.84 Å². The Morgan fingerprint density at radius 1 is 1.50 bits per heavy atom. The fraction of sp³-hybridized carbons (Fsp3) is 1.00. The van der Waals surface area contributed by atoms with E-state index in [1.807, 2.05) is 6.92 Å². The molecule has 2 aliphatic heterocycles. The van der Waals surface area contributed by atoms with Gasteiger partial charge in [-0.3, -0.25) is 4.90 Å². The standard InChI is InChI=1S/C10H20N2O3S/c1-9-8-16(13,14)5-3-12(9)7-10-6-11-2-4-15-10/h9-11H,2-8H2,1H3. The van der Waals surface area contributed by atoms with Gasteiger partial charge in [-0.15, -0.1) is 0 Å². The molecule has 2 fully saturated rings. The Morgan fingerprint density at radius 3 is 2.94 bits per heavy atom. The Hall–Kier alpha value is -0.170. The largest absolute Gasteiger partial charge is 0.374 e. The predicted octanol–water partition coefficient (Wildman–Crippen LogP) is -0.906. The van der Waals surface area contributed by atoms with Crippen molar-refractivity contribution < 1.29 is 13.2 Å². The maximum atomic E-state index is 11.4. The fourth-order valence-corrected chi connectivity index (χ4v) is 3.93. The van der Waals surface area contributed by atoms with E-state index in [1.165, 1.54) is 0 Å². The number of nitrogens with one attached hydrogen (secondary N) is 1. The highest BCUT2D eigenvalue weighted by molar-refractivity contribution is 7.91. The van der Waals surface area contributed by atoms with Gasteiger partial charge in [-0.1, -0.05) is 0 Å². The van der Waals surface area contributed by atoms with Crippen molar-refractivity contribution in [2.24, 2.45) is 0 Å². The number of ether oxygens (including phenoxy) is 1. The van der Waals surface area contributed by atoms with Crippen LogP contribution in [0.3, 0.4) is 0 Å². The van der Waals surface area contributed by atoms with Gasteiger partial charge in [0.2, 0.25) is 0 Å². The lowest BCUT2D eigenvalue weighted by Crippen LogP contribution is -2.52. The van der Waals surface area contributed by atoms with Crippen LogP contribution < -0.4 is 5.32 Å². The van der Waals surface area contributed by atoms with Gasteiger partial charge in [0.1, 0.15) is 0 Å². The molecule has 94 valence electrons. The fourth-order valence-electron chi connectivity index (χ4n) is 2.30. The quantitative estimate of drug-likeness (QED) is 0.686. The summed E-state index contributed by atoms with van der Waals surface area (Å²) in [5.41, 5.74) is 0. The van der Waals surface area contributed by atoms with Crippen molar-refractivity contribution >= 4 is 9.84 Å². The van der Waals surface area contributed by atoms with Gasteiger partial charge in [-0.05, 0) is 6.92 Å². The van der Waals surface area contributed by atoms with Crippen LogP contribution in [0.15, 0.2) is 0 Å². The maximum Gasteiger partial charge on any atom is 0.153 e. The average molecular weight is 248 g/mol. The molecule has 2 rings (SSSR count). The molecule has 0 bridgehead atoms. The molecule has 0 saturated carbocycles. The minimum absolute atomic E-state index is 0.115. The summed E-state index contributed by atoms with van der Waals surface area (Å²) in [6.07, 6.45) is 0.206. The molecule has 0 spiro atoms. The second kappa shape index (κ2) is 5.00. The van der Waals surface area contributed by atoms with E-state index >= 15 is 0 Å². The van der Waals surface area contributed by atoms with Crippen LogP contribution in [-0.4, -0.2) is 69.8 Å². The summed E-state index contributed by atoms with van der Waals surface area (Å²) in [5.74, 6) is 0.574. The van der Waals surface area contributed by atoms with Gasteiger partial charge in [-0.25, -0.2) is 8.42 Å². The van der Waals surface area contributed by atoms with Crippen LogP contribution in [0.5, 0.6) is 0 Å². The van der Waals surface area contributed by atoms with Crippen molar-refractivity contribution in [1.29, 1.82) is 0 Å². The van der Waals surface area contributed by atoms with Crippen molar-refractivity contribution in [3.8, 4) is 0 Å². The van der Waals surface area contributed by atoms with E-state index in [1.54, 1.807) is 0 Å². The molecule has 2 saturated heterocycles. The number of hydrogen-bond donors (Lipinski definition) is 1. The Morgan fingerprint density at radius 2 is 2.31 bits per heavy atom. The zero-order valence-electron chi connectivity index (χ0n) is 9.68. The van der Waals surface area contributed by atoms with E-state index in [4.69, 9.17) is 4.74 Å². The van der Waals surface area contributed by atoms with Gasteiger partial charge >= 0.3 is 0 Å². The summed E-state index contributed by atoms with van der Waals surface area (Å²) in [6, 6.07) is 0.115. The first-order chi connectivity index (χ1) is 7.57. The molecule has 0 amide bonds. The Bertz CT molecular complexity index is 325. The summed E-state index contributed by atoms with van der Waals surface area (Å²) < 4.78 is 28.5. The highest BCUT2D eigenvalue weighted by Gasteiger charge is 2.30. The van der Waals surface area contributed by atoms with E-state index in [2.05, 4.69) is 10.2 Å². The molecule has 0 aliphatic carbocycles. The lowest BCUT2D eigenvalue weighted by molar-refractivity contribution is 0.000369. The summed E-state index contributed by atoms with van der Waals surface area (Å²) in [6.45, 7) is 6.00. The van der Waals surface area contributed by atoms with Crippen molar-refractivity contribution in [3.63, 3.8) is 0 Å². The van der Waals surface area contributed by atoms with Crippen LogP contribution in [-0.2, 0) is 14.6 Å². The van der Waals surface area contributed by atoms with Crippen molar-refractivity contribution in [2.75, 3.05) is 44.3 Å². The second-order valence-corrected chi connectivity index (χ2v) is 6.88. The highest BCUT2D eigenvalue weighted by atomic mass is 32.2. The minimum Gasteiger partial charge on any atom is -0.374 e. The molecule has 16 heavy (non-hydrogen) atoms. The topological polar surface area (TPSA) is 58.6 Å². The van der Waals surface area contributed by atoms with Crippen molar-refractivity contribution in [1.82, 2.24) is 10.2 Å². The molecule has 0 radical (unpaired) electrons. The van der Waals surface area contributed by atoms with E-state index in [0.717, 1.165) is 26.2 Å². The maximum absolute atomic E-state index is 11.4. The van der Waals surface area contributed by atoms with Gasteiger partial charge < -0.3 is 10.1 Å². The molecule has 1 N–H and O–H groups in total. The monoisotopic (exact) mass is 248 g/mol. The molecule has 2 unspecified atom stereocenters. The van der Waals surface area contributed by atoms with E-state index in [0.29, 0.717) is 6.54 Å². The number of sulfone groups is 1. The third-order valence-electron chi connectivity index (χ3n) is 3.25. The molecule has 2 aliphatic rings. The van der Waals surface area contributed by atoms with E-state index < -0.39 is 9.84 Å². The Kier molecular flexibility index (Phi) is 3.84. The van der Waals surface area contributed by atoms with Crippen LogP contribution >= 0.6 is 0 Å². The summed E-state index contributed by atoms with van der Waals surface area (Å²) in [7, 11) is -2.80. The summed E-state index contributed by atoms with van der Waals surface area (Å²) in [4.78, 5) is 2.22. The van der Waals surface area contributed by atoms with Crippen LogP contribution in [0.1, 0.15) is 6.92 Å². The summed E-state index contributed by atoms with van der Waals surface area (Å²) in [5, 5.41) is 3.29. The van der Waals surface area contributed by atoms with Crippen LogP contribution in [0.25, 0.3) is 0 Å². The number of rotatable bonds is 2. The first kappa shape index (κ1) is 12.3. The number of morpholine rings is 1. The zero-order valence-corrected chi connectivity index (χ0v) is 10.5. The normalized spacial score (nSPS) is 36.1. The van der Waals surface area contributed by atoms with Crippen molar-refractivity contribution in [2.45, 2.75) is 19.1 Å². The Balaban J connectivity index is 1.86. The van der Waals surface area contributed by atoms with Gasteiger partial charge in [0, 0.05) is 32.2 Å². The lowest BCUT2D eigenvalue weighted by Gasteiger charge is -2.36. The summed E-state index contributed by atoms with van der Waals surface area (Å²) >= 11 is 0. The zero-order chi connectivity index (χ0) is 11.6. The van der Waals surface area contributed by atoms with Gasteiger partial charge in [-0.2, -0.15) is 0 Å². The highest BCUT2D eigenvalue weighted by Crippen LogP contribution is 2.13. The van der Waals surface area contributed by atoms with E-state index in [-0.39, 0.29) is 23.7 Å². The minimum atomic E-state index is -2.80. The smallest absolute Gasteiger partial charge is 0.153 e. The molecule has 2 atom stereocenters. The third kappa shape index (κ3) is 3.16. The molecular formula is C10H20N2O3S. The van der Waals surface area contributed by atoms with E-state index in [9.17, 15) is 8.42 Å². The van der Waals surface area contributed by atoms with Crippen LogP contribution in [0.2, 0.25) is 0 Å². The second-order valence-electron chi connectivity index (χ2n) is 4.66. The van der Waals surface area contributed by atoms with Crippen molar-refractivity contribution in [3.05, 3.63) is 0 Å². The van der Waals surface area contributed by atoms with Crippen LogP contribution in [0.4, 0.5) is 0 Å². The molecule has 6 heteroatoms. The molecule has 0 aromatic rings. The van der Waals surface area contributed by atoms with Gasteiger partial charge in [0.05, 0.1) is 24.2 Å². The average Bonchev–Trinajstić information content (AvgIpc) is 2.23. The molecule has 0 aromatic heterocycles. The lowest BCUT2D eigenvalue weighted by atomic mass is 10.2. The first-order valence-corrected chi connectivity index (χ1v) is 7.66. The first-order valence-electron chi connectivity index (χ1n) is 5.83. The molecular weight excluding hydrogens is 228 g/mol.